The van der Waals surface area contributed by atoms with Crippen molar-refractivity contribution >= 4 is 39.1 Å². The Bertz CT molecular complexity index is 1150. The maximum Gasteiger partial charge on any atom is 0.348 e. The van der Waals surface area contributed by atoms with Crippen LogP contribution in [0.25, 0.3) is 15.9 Å². The van der Waals surface area contributed by atoms with E-state index in [1.165, 1.54) is 17.5 Å². The van der Waals surface area contributed by atoms with Crippen molar-refractivity contribution in [2.75, 3.05) is 0 Å². The molecule has 6 nitrogen and oxygen atoms in total. The first-order chi connectivity index (χ1) is 13.4. The van der Waals surface area contributed by atoms with Crippen molar-refractivity contribution in [3.8, 4) is 5.69 Å². The highest BCUT2D eigenvalue weighted by atomic mass is 35.5. The number of ether oxygens (including phenoxy) is 1. The Morgan fingerprint density at radius 1 is 1.32 bits per heavy atom. The van der Waals surface area contributed by atoms with Crippen molar-refractivity contribution < 1.29 is 18.3 Å². The Hall–Kier alpha value is -2.78. The van der Waals surface area contributed by atoms with Gasteiger partial charge in [0.05, 0.1) is 11.4 Å². The van der Waals surface area contributed by atoms with Gasteiger partial charge in [0.1, 0.15) is 16.3 Å². The van der Waals surface area contributed by atoms with Crippen LogP contribution in [0.15, 0.2) is 42.7 Å². The summed E-state index contributed by atoms with van der Waals surface area (Å²) in [5, 5.41) is 5.94. The number of hydrogen-bond acceptors (Lipinski definition) is 5. The second kappa shape index (κ2) is 7.33. The molecule has 1 aromatic carbocycles. The molecule has 0 spiro atoms. The van der Waals surface area contributed by atoms with Gasteiger partial charge in [-0.3, -0.25) is 4.57 Å². The summed E-state index contributed by atoms with van der Waals surface area (Å²) >= 11 is 7.15. The van der Waals surface area contributed by atoms with Gasteiger partial charge in [0.15, 0.2) is 5.82 Å². The van der Waals surface area contributed by atoms with Crippen LogP contribution in [0.1, 0.15) is 27.7 Å². The van der Waals surface area contributed by atoms with Crippen LogP contribution < -0.4 is 0 Å². The fraction of sp³-hybridized carbons (Fsp3) is 0.167. The first-order valence-corrected chi connectivity index (χ1v) is 9.35. The van der Waals surface area contributed by atoms with Gasteiger partial charge in [-0.25, -0.2) is 14.5 Å². The molecule has 0 aliphatic rings. The van der Waals surface area contributed by atoms with E-state index >= 15 is 0 Å². The number of hydrogen-bond donors (Lipinski definition) is 0. The van der Waals surface area contributed by atoms with Gasteiger partial charge in [0.2, 0.25) is 0 Å². The summed E-state index contributed by atoms with van der Waals surface area (Å²) in [6, 6.07) is 8.87. The average molecular weight is 423 g/mol. The maximum atomic E-state index is 12.8. The van der Waals surface area contributed by atoms with Gasteiger partial charge < -0.3 is 4.74 Å². The largest absolute Gasteiger partial charge is 0.453 e. The van der Waals surface area contributed by atoms with Crippen molar-refractivity contribution in [3.63, 3.8) is 0 Å². The van der Waals surface area contributed by atoms with Gasteiger partial charge in [-0.1, -0.05) is 11.6 Å². The van der Waals surface area contributed by atoms with Gasteiger partial charge in [0.25, 0.3) is 0 Å². The van der Waals surface area contributed by atoms with Crippen molar-refractivity contribution in [2.45, 2.75) is 20.1 Å². The van der Waals surface area contributed by atoms with Crippen LogP contribution in [0.4, 0.5) is 8.78 Å². The van der Waals surface area contributed by atoms with Crippen molar-refractivity contribution in [1.82, 2.24) is 19.3 Å². The second-order valence-corrected chi connectivity index (χ2v) is 7.37. The summed E-state index contributed by atoms with van der Waals surface area (Å²) < 4.78 is 33.2. The van der Waals surface area contributed by atoms with Crippen LogP contribution in [0.3, 0.4) is 0 Å². The number of carbonyl (C=O) groups is 1. The first-order valence-electron chi connectivity index (χ1n) is 8.16. The highest BCUT2D eigenvalue weighted by molar-refractivity contribution is 7.20. The molecule has 0 amide bonds. The Morgan fingerprint density at radius 2 is 2.07 bits per heavy atom. The third-order valence-corrected chi connectivity index (χ3v) is 5.45. The van der Waals surface area contributed by atoms with Gasteiger partial charge in [0, 0.05) is 22.8 Å². The van der Waals surface area contributed by atoms with E-state index in [0.29, 0.717) is 14.5 Å². The summed E-state index contributed by atoms with van der Waals surface area (Å²) in [5.41, 5.74) is 1.57. The van der Waals surface area contributed by atoms with Crippen LogP contribution >= 0.6 is 22.9 Å². The molecule has 0 bridgehead atoms. The molecular formula is C18H13ClF2N4O2S. The summed E-state index contributed by atoms with van der Waals surface area (Å²) in [5.74, 6) is -0.625. The number of thiophene rings is 1. The zero-order valence-corrected chi connectivity index (χ0v) is 16.0. The maximum absolute atomic E-state index is 12.8. The highest BCUT2D eigenvalue weighted by Gasteiger charge is 2.19. The molecule has 0 fully saturated rings. The lowest BCUT2D eigenvalue weighted by molar-refractivity contribution is 0.0380. The van der Waals surface area contributed by atoms with Crippen LogP contribution in [0.2, 0.25) is 5.02 Å². The van der Waals surface area contributed by atoms with E-state index in [4.69, 9.17) is 16.3 Å². The number of rotatable bonds is 5. The number of aromatic nitrogens is 4. The number of aryl methyl sites for hydroxylation is 1. The second-order valence-electron chi connectivity index (χ2n) is 5.91. The minimum Gasteiger partial charge on any atom is -0.453 e. The van der Waals surface area contributed by atoms with E-state index < -0.39 is 12.5 Å². The number of nitrogens with zero attached hydrogens (tertiary/aromatic N) is 4. The lowest BCUT2D eigenvalue weighted by Gasteiger charge is -2.06. The Labute approximate surface area is 166 Å². The predicted octanol–water partition coefficient (Wildman–Crippen LogP) is 5.00. The number of fused-ring (bicyclic) bond motifs is 1. The minimum absolute atomic E-state index is 0.0204. The quantitative estimate of drug-likeness (QED) is 0.425. The molecule has 3 aromatic heterocycles. The highest BCUT2D eigenvalue weighted by Crippen LogP contribution is 2.31. The molecule has 4 rings (SSSR count). The number of esters is 1. The standard InChI is InChI=1S/C18H13ClF2N4O2S/c1-10-13-8-14(17(26)27-9-15-22-6-7-24(15)18(20)21)28-16(13)25(23-10)12-4-2-11(19)3-5-12/h2-8,18H,9H2,1H3. The lowest BCUT2D eigenvalue weighted by atomic mass is 10.3. The van der Waals surface area contributed by atoms with Crippen molar-refractivity contribution in [3.05, 3.63) is 64.1 Å². The molecule has 10 heteroatoms. The van der Waals surface area contributed by atoms with Crippen LogP contribution in [-0.2, 0) is 11.3 Å². The summed E-state index contributed by atoms with van der Waals surface area (Å²) in [7, 11) is 0. The summed E-state index contributed by atoms with van der Waals surface area (Å²) in [4.78, 5) is 17.3. The van der Waals surface area contributed by atoms with Crippen molar-refractivity contribution in [2.24, 2.45) is 0 Å². The monoisotopic (exact) mass is 422 g/mol. The Balaban J connectivity index is 1.59. The molecule has 0 unspecified atom stereocenters. The summed E-state index contributed by atoms with van der Waals surface area (Å²) in [6.07, 6.45) is 2.37. The van der Waals surface area contributed by atoms with E-state index in [1.54, 1.807) is 22.9 Å². The topological polar surface area (TPSA) is 61.9 Å². The molecule has 0 saturated carbocycles. The third kappa shape index (κ3) is 3.38. The fourth-order valence-corrected chi connectivity index (χ4v) is 3.94. The molecule has 0 aliphatic heterocycles. The zero-order valence-electron chi connectivity index (χ0n) is 14.5. The van der Waals surface area contributed by atoms with E-state index in [2.05, 4.69) is 10.1 Å². The van der Waals surface area contributed by atoms with Crippen LogP contribution in [0, 0.1) is 6.92 Å². The Morgan fingerprint density at radius 3 is 2.79 bits per heavy atom. The molecule has 28 heavy (non-hydrogen) atoms. The fourth-order valence-electron chi connectivity index (χ4n) is 2.74. The molecule has 144 valence electrons. The van der Waals surface area contributed by atoms with Gasteiger partial charge in [-0.2, -0.15) is 13.9 Å². The number of benzene rings is 1. The molecule has 0 atom stereocenters. The van der Waals surface area contributed by atoms with E-state index in [0.717, 1.165) is 27.8 Å². The zero-order chi connectivity index (χ0) is 19.8. The SMILES string of the molecule is Cc1nn(-c2ccc(Cl)cc2)c2sc(C(=O)OCc3nccn3C(F)F)cc12. The molecular weight excluding hydrogens is 410 g/mol. The number of alkyl halides is 2. The number of carbonyl (C=O) groups excluding carboxylic acids is 1. The first kappa shape index (κ1) is 18.6. The van der Waals surface area contributed by atoms with Crippen LogP contribution in [0.5, 0.6) is 0 Å². The summed E-state index contributed by atoms with van der Waals surface area (Å²) in [6.45, 7) is -1.24. The van der Waals surface area contributed by atoms with Gasteiger partial charge in [-0.05, 0) is 37.3 Å². The molecule has 3 heterocycles. The molecule has 0 radical (unpaired) electrons. The van der Waals surface area contributed by atoms with E-state index in [9.17, 15) is 13.6 Å². The number of halogens is 3. The normalized spacial score (nSPS) is 11.5. The molecule has 4 aromatic rings. The van der Waals surface area contributed by atoms with E-state index in [-0.39, 0.29) is 12.4 Å². The molecule has 0 N–H and O–H groups in total. The number of imidazole rings is 1. The van der Waals surface area contributed by atoms with Crippen molar-refractivity contribution in [1.29, 1.82) is 0 Å². The van der Waals surface area contributed by atoms with E-state index in [1.807, 2.05) is 19.1 Å². The van der Waals surface area contributed by atoms with Crippen LogP contribution in [-0.4, -0.2) is 25.3 Å². The van der Waals surface area contributed by atoms with Gasteiger partial charge in [-0.15, -0.1) is 11.3 Å². The molecule has 0 saturated heterocycles. The Kier molecular flexibility index (Phi) is 4.86. The smallest absolute Gasteiger partial charge is 0.348 e. The molecule has 0 aliphatic carbocycles. The minimum atomic E-state index is -2.74. The lowest BCUT2D eigenvalue weighted by Crippen LogP contribution is -2.09. The average Bonchev–Trinajstić information content (AvgIpc) is 3.37. The van der Waals surface area contributed by atoms with Gasteiger partial charge >= 0.3 is 12.5 Å². The predicted molar refractivity (Wildman–Crippen MR) is 101 cm³/mol. The third-order valence-electron chi connectivity index (χ3n) is 4.11.